The van der Waals surface area contributed by atoms with Gasteiger partial charge in [0.25, 0.3) is 0 Å². The smallest absolute Gasteiger partial charge is 0.303 e. The Balaban J connectivity index is 3.66. The highest BCUT2D eigenvalue weighted by molar-refractivity contribution is 7.95. The van der Waals surface area contributed by atoms with Crippen molar-refractivity contribution in [2.45, 2.75) is 19.8 Å². The highest BCUT2D eigenvalue weighted by Crippen LogP contribution is 2.10. The van der Waals surface area contributed by atoms with Crippen LogP contribution in [0.25, 0.3) is 0 Å². The van der Waals surface area contributed by atoms with Crippen molar-refractivity contribution in [2.75, 3.05) is 18.3 Å². The first kappa shape index (κ1) is 10.8. The van der Waals surface area contributed by atoms with Gasteiger partial charge in [0.1, 0.15) is 5.75 Å². The summed E-state index contributed by atoms with van der Waals surface area (Å²) in [6.45, 7) is 2.06. The van der Waals surface area contributed by atoms with E-state index >= 15 is 0 Å². The molecule has 0 heterocycles. The van der Waals surface area contributed by atoms with Crippen molar-refractivity contribution < 1.29 is 9.90 Å². The number of hydrogen-bond acceptors (Lipinski definition) is 1. The minimum atomic E-state index is -0.665. The normalized spacial score (nSPS) is 13.5. The van der Waals surface area contributed by atoms with Gasteiger partial charge < -0.3 is 5.11 Å². The Morgan fingerprint density at radius 1 is 1.55 bits per heavy atom. The Morgan fingerprint density at radius 3 is 2.36 bits per heavy atom. The third-order valence-corrected chi connectivity index (χ3v) is 2.75. The molecule has 0 saturated heterocycles. The highest BCUT2D eigenvalue weighted by atomic mass is 32.2. The van der Waals surface area contributed by atoms with Crippen LogP contribution in [0, 0.1) is 5.92 Å². The molecule has 0 spiro atoms. The first-order valence-electron chi connectivity index (χ1n) is 3.82. The third-order valence-electron chi connectivity index (χ3n) is 1.61. The molecule has 66 valence electrons. The van der Waals surface area contributed by atoms with E-state index in [1.807, 2.05) is 0 Å². The van der Waals surface area contributed by atoms with E-state index in [1.165, 1.54) is 0 Å². The van der Waals surface area contributed by atoms with Crippen LogP contribution < -0.4 is 0 Å². The van der Waals surface area contributed by atoms with Crippen LogP contribution in [0.3, 0.4) is 0 Å². The summed E-state index contributed by atoms with van der Waals surface area (Å²) in [5.74, 6) is 0.774. The monoisotopic (exact) mass is 177 g/mol. The van der Waals surface area contributed by atoms with Gasteiger partial charge >= 0.3 is 5.97 Å². The Bertz CT molecular complexity index is 123. The predicted molar refractivity (Wildman–Crippen MR) is 50.1 cm³/mol. The van der Waals surface area contributed by atoms with E-state index in [1.54, 1.807) is 0 Å². The van der Waals surface area contributed by atoms with Gasteiger partial charge in [0.2, 0.25) is 0 Å². The largest absolute Gasteiger partial charge is 0.481 e. The van der Waals surface area contributed by atoms with Gasteiger partial charge in [-0.3, -0.25) is 4.79 Å². The van der Waals surface area contributed by atoms with Crippen molar-refractivity contribution in [3.63, 3.8) is 0 Å². The average Bonchev–Trinajstić information content (AvgIpc) is 1.84. The topological polar surface area (TPSA) is 37.3 Å². The number of aliphatic carboxylic acids is 1. The molecular weight excluding hydrogens is 160 g/mol. The standard InChI is InChI=1S/C8H16O2S/c1-4-7(5-8(9)10)6-11(2)3/h7H,4-6H2,1-3H3/p+1. The maximum atomic E-state index is 10.4. The van der Waals surface area contributed by atoms with Crippen LogP contribution in [0.1, 0.15) is 19.8 Å². The van der Waals surface area contributed by atoms with Gasteiger partial charge in [0.15, 0.2) is 0 Å². The molecule has 11 heavy (non-hydrogen) atoms. The summed E-state index contributed by atoms with van der Waals surface area (Å²) in [5, 5.41) is 8.53. The maximum absolute atomic E-state index is 10.4. The third kappa shape index (κ3) is 6.23. The predicted octanol–water partition coefficient (Wildman–Crippen LogP) is 1.37. The quantitative estimate of drug-likeness (QED) is 0.644. The van der Waals surface area contributed by atoms with Gasteiger partial charge in [-0.15, -0.1) is 0 Å². The Labute approximate surface area is 71.3 Å². The highest BCUT2D eigenvalue weighted by Gasteiger charge is 2.17. The molecule has 0 rings (SSSR count). The van der Waals surface area contributed by atoms with E-state index in [2.05, 4.69) is 19.4 Å². The fourth-order valence-electron chi connectivity index (χ4n) is 1.04. The van der Waals surface area contributed by atoms with Crippen LogP contribution in [0.15, 0.2) is 0 Å². The van der Waals surface area contributed by atoms with Crippen LogP contribution in [-0.4, -0.2) is 29.3 Å². The summed E-state index contributed by atoms with van der Waals surface area (Å²) in [6.07, 6.45) is 5.63. The molecule has 0 saturated carbocycles. The van der Waals surface area contributed by atoms with E-state index in [9.17, 15) is 4.79 Å². The zero-order valence-electron chi connectivity index (χ0n) is 7.46. The van der Waals surface area contributed by atoms with E-state index < -0.39 is 5.97 Å². The van der Waals surface area contributed by atoms with Gasteiger partial charge in [0.05, 0.1) is 18.9 Å². The molecule has 1 unspecified atom stereocenters. The van der Waals surface area contributed by atoms with Crippen molar-refractivity contribution in [3.8, 4) is 0 Å². The summed E-state index contributed by atoms with van der Waals surface area (Å²) in [6, 6.07) is 0. The van der Waals surface area contributed by atoms with Crippen LogP contribution in [0.5, 0.6) is 0 Å². The first-order valence-corrected chi connectivity index (χ1v) is 6.03. The summed E-state index contributed by atoms with van der Waals surface area (Å²) in [4.78, 5) is 10.4. The van der Waals surface area contributed by atoms with Crippen LogP contribution >= 0.6 is 0 Å². The lowest BCUT2D eigenvalue weighted by molar-refractivity contribution is -0.137. The number of carbonyl (C=O) groups is 1. The summed E-state index contributed by atoms with van der Waals surface area (Å²) in [5.41, 5.74) is 0. The number of hydrogen-bond donors (Lipinski definition) is 1. The molecule has 0 aliphatic rings. The Hall–Kier alpha value is -0.180. The van der Waals surface area contributed by atoms with Gasteiger partial charge in [-0.1, -0.05) is 6.92 Å². The van der Waals surface area contributed by atoms with Gasteiger partial charge in [0, 0.05) is 5.92 Å². The summed E-state index contributed by atoms with van der Waals surface area (Å²) in [7, 11) is 0.375. The zero-order chi connectivity index (χ0) is 8.85. The molecule has 0 bridgehead atoms. The SMILES string of the molecule is CCC(CC(=O)O)C[S+](C)C. The Morgan fingerprint density at radius 2 is 2.09 bits per heavy atom. The summed E-state index contributed by atoms with van der Waals surface area (Å²) < 4.78 is 0. The van der Waals surface area contributed by atoms with Crippen molar-refractivity contribution >= 4 is 16.9 Å². The molecule has 0 aromatic carbocycles. The molecule has 0 aliphatic carbocycles. The number of carboxylic acid groups (broad SMARTS) is 1. The van der Waals surface area contributed by atoms with Crippen molar-refractivity contribution in [2.24, 2.45) is 5.92 Å². The van der Waals surface area contributed by atoms with Crippen LogP contribution in [-0.2, 0) is 15.7 Å². The Kier molecular flexibility index (Phi) is 5.38. The van der Waals surface area contributed by atoms with Crippen LogP contribution in [0.2, 0.25) is 0 Å². The molecule has 2 nitrogen and oxygen atoms in total. The fourth-order valence-corrected chi connectivity index (χ4v) is 2.34. The summed E-state index contributed by atoms with van der Waals surface area (Å²) >= 11 is 0. The molecule has 3 heteroatoms. The van der Waals surface area contributed by atoms with Crippen molar-refractivity contribution in [3.05, 3.63) is 0 Å². The van der Waals surface area contributed by atoms with Gasteiger partial charge in [-0.2, -0.15) is 0 Å². The fraction of sp³-hybridized carbons (Fsp3) is 0.875. The average molecular weight is 177 g/mol. The zero-order valence-corrected chi connectivity index (χ0v) is 8.28. The van der Waals surface area contributed by atoms with Gasteiger partial charge in [-0.05, 0) is 17.3 Å². The molecule has 0 amide bonds. The number of rotatable bonds is 5. The molecule has 1 atom stereocenters. The van der Waals surface area contributed by atoms with Gasteiger partial charge in [-0.25, -0.2) is 0 Å². The first-order chi connectivity index (χ1) is 5.06. The van der Waals surface area contributed by atoms with E-state index in [0.29, 0.717) is 23.2 Å². The van der Waals surface area contributed by atoms with Crippen LogP contribution in [0.4, 0.5) is 0 Å². The second-order valence-electron chi connectivity index (χ2n) is 3.02. The minimum absolute atomic E-state index is 0.335. The van der Waals surface area contributed by atoms with Crippen molar-refractivity contribution in [1.29, 1.82) is 0 Å². The minimum Gasteiger partial charge on any atom is -0.481 e. The molecule has 0 aliphatic heterocycles. The molecule has 0 aromatic heterocycles. The molecule has 0 radical (unpaired) electrons. The molecule has 1 N–H and O–H groups in total. The maximum Gasteiger partial charge on any atom is 0.303 e. The van der Waals surface area contributed by atoms with E-state index in [4.69, 9.17) is 5.11 Å². The second kappa shape index (κ2) is 5.47. The molecule has 0 aromatic rings. The lowest BCUT2D eigenvalue weighted by Crippen LogP contribution is -2.16. The second-order valence-corrected chi connectivity index (χ2v) is 5.33. The lowest BCUT2D eigenvalue weighted by atomic mass is 10.1. The van der Waals surface area contributed by atoms with Crippen molar-refractivity contribution in [1.82, 2.24) is 0 Å². The molecule has 0 fully saturated rings. The van der Waals surface area contributed by atoms with E-state index in [-0.39, 0.29) is 0 Å². The number of carboxylic acids is 1. The lowest BCUT2D eigenvalue weighted by Gasteiger charge is -2.08. The van der Waals surface area contributed by atoms with E-state index in [0.717, 1.165) is 12.2 Å². The molecular formula is C8H17O2S+.